The molecule has 0 bridgehead atoms. The maximum Gasteiger partial charge on any atom is 0.182 e. The van der Waals surface area contributed by atoms with Gasteiger partial charge >= 0.3 is 0 Å². The van der Waals surface area contributed by atoms with Gasteiger partial charge in [-0.3, -0.25) is 0 Å². The van der Waals surface area contributed by atoms with Gasteiger partial charge < -0.3 is 0 Å². The van der Waals surface area contributed by atoms with Crippen molar-refractivity contribution in [3.05, 3.63) is 53.6 Å². The van der Waals surface area contributed by atoms with Crippen molar-refractivity contribution >= 4 is 21.4 Å². The number of hydrogen-bond donors (Lipinski definition) is 0. The van der Waals surface area contributed by atoms with Gasteiger partial charge in [-0.05, 0) is 38.8 Å². The molecule has 110 valence electrons. The molecule has 20 heavy (non-hydrogen) atoms. The Bertz CT molecular complexity index is 568. The lowest BCUT2D eigenvalue weighted by molar-refractivity contribution is 0.597. The first-order valence-corrected chi connectivity index (χ1v) is 8.79. The zero-order valence-electron chi connectivity index (χ0n) is 12.0. The van der Waals surface area contributed by atoms with E-state index >= 15 is 0 Å². The normalized spacial score (nSPS) is 12.2. The first-order valence-electron chi connectivity index (χ1n) is 6.61. The predicted octanol–water partition coefficient (Wildman–Crippen LogP) is 4.37. The fourth-order valence-corrected chi connectivity index (χ4v) is 3.50. The van der Waals surface area contributed by atoms with Gasteiger partial charge in [-0.15, -0.1) is 11.6 Å². The number of hydrogen-bond acceptors (Lipinski definition) is 2. The van der Waals surface area contributed by atoms with Crippen LogP contribution in [0, 0.1) is 0 Å². The van der Waals surface area contributed by atoms with Gasteiger partial charge in [-0.1, -0.05) is 41.5 Å². The van der Waals surface area contributed by atoms with Crippen LogP contribution >= 0.6 is 11.6 Å². The third-order valence-electron chi connectivity index (χ3n) is 2.83. The average Bonchev–Trinajstić information content (AvgIpc) is 2.39. The molecule has 0 aliphatic rings. The van der Waals surface area contributed by atoms with Crippen molar-refractivity contribution in [1.29, 1.82) is 0 Å². The number of halogens is 1. The van der Waals surface area contributed by atoms with E-state index in [1.54, 1.807) is 24.3 Å². The molecule has 0 saturated carbocycles. The van der Waals surface area contributed by atoms with E-state index in [9.17, 15) is 8.42 Å². The minimum atomic E-state index is -3.28. The molecule has 0 radical (unpaired) electrons. The quantitative estimate of drug-likeness (QED) is 0.553. The smallest absolute Gasteiger partial charge is 0.182 e. The molecule has 1 aromatic carbocycles. The van der Waals surface area contributed by atoms with Crippen molar-refractivity contribution in [2.45, 2.75) is 31.6 Å². The molecule has 0 heterocycles. The van der Waals surface area contributed by atoms with E-state index in [2.05, 4.69) is 6.08 Å². The summed E-state index contributed by atoms with van der Waals surface area (Å²) in [5.74, 6) is 0.477. The van der Waals surface area contributed by atoms with Crippen LogP contribution in [0.4, 0.5) is 0 Å². The number of allylic oxidation sites excluding steroid dienone is 3. The fourth-order valence-electron chi connectivity index (χ4n) is 1.77. The lowest BCUT2D eigenvalue weighted by atomic mass is 10.1. The molecule has 0 aliphatic heterocycles. The van der Waals surface area contributed by atoms with Gasteiger partial charge in [0.05, 0.1) is 10.6 Å². The van der Waals surface area contributed by atoms with E-state index in [4.69, 9.17) is 11.6 Å². The Labute approximate surface area is 127 Å². The van der Waals surface area contributed by atoms with Crippen LogP contribution in [0.5, 0.6) is 0 Å². The highest BCUT2D eigenvalue weighted by Gasteiger charge is 2.15. The van der Waals surface area contributed by atoms with E-state index in [-0.39, 0.29) is 5.75 Å². The molecule has 4 heteroatoms. The van der Waals surface area contributed by atoms with Crippen molar-refractivity contribution in [3.63, 3.8) is 0 Å². The zero-order valence-corrected chi connectivity index (χ0v) is 13.5. The molecule has 0 spiro atoms. The van der Waals surface area contributed by atoms with Crippen LogP contribution in [-0.4, -0.2) is 20.1 Å². The highest BCUT2D eigenvalue weighted by Crippen LogP contribution is 2.16. The van der Waals surface area contributed by atoms with Crippen LogP contribution < -0.4 is 0 Å². The van der Waals surface area contributed by atoms with Gasteiger partial charge in [0, 0.05) is 5.88 Å². The van der Waals surface area contributed by atoms with E-state index < -0.39 is 9.84 Å². The van der Waals surface area contributed by atoms with Crippen molar-refractivity contribution in [2.75, 3.05) is 11.6 Å². The highest BCUT2D eigenvalue weighted by atomic mass is 35.5. The standard InChI is InChI=1S/C16H21ClO2S/c1-14(2)7-6-8-15(11-12-17)13-20(18,19)16-9-4-3-5-10-16/h3-5,7-10H,6,11-13H2,1-2H3/b15-8-. The van der Waals surface area contributed by atoms with Crippen LogP contribution in [0.3, 0.4) is 0 Å². The second-order valence-electron chi connectivity index (χ2n) is 4.89. The topological polar surface area (TPSA) is 34.1 Å². The maximum absolute atomic E-state index is 12.3. The van der Waals surface area contributed by atoms with Gasteiger partial charge in [0.1, 0.15) is 0 Å². The summed E-state index contributed by atoms with van der Waals surface area (Å²) in [5.41, 5.74) is 2.10. The Morgan fingerprint density at radius 3 is 2.35 bits per heavy atom. The molecule has 0 N–H and O–H groups in total. The van der Waals surface area contributed by atoms with Crippen molar-refractivity contribution in [2.24, 2.45) is 0 Å². The molecule has 0 amide bonds. The monoisotopic (exact) mass is 312 g/mol. The lowest BCUT2D eigenvalue weighted by Gasteiger charge is -2.07. The van der Waals surface area contributed by atoms with E-state index in [0.717, 1.165) is 12.0 Å². The maximum atomic E-state index is 12.3. The largest absolute Gasteiger partial charge is 0.223 e. The first-order chi connectivity index (χ1) is 9.45. The van der Waals surface area contributed by atoms with Crippen molar-refractivity contribution in [1.82, 2.24) is 0 Å². The zero-order chi connectivity index (χ0) is 15.0. The van der Waals surface area contributed by atoms with Crippen LogP contribution in [0.25, 0.3) is 0 Å². The van der Waals surface area contributed by atoms with Gasteiger partial charge in [0.2, 0.25) is 0 Å². The van der Waals surface area contributed by atoms with Crippen LogP contribution in [0.1, 0.15) is 26.7 Å². The Balaban J connectivity index is 2.87. The summed E-state index contributed by atoms with van der Waals surface area (Å²) in [6, 6.07) is 8.54. The van der Waals surface area contributed by atoms with Crippen molar-refractivity contribution < 1.29 is 8.42 Å². The van der Waals surface area contributed by atoms with E-state index in [0.29, 0.717) is 17.2 Å². The lowest BCUT2D eigenvalue weighted by Crippen LogP contribution is -2.09. The molecule has 0 fully saturated rings. The molecule has 0 saturated heterocycles. The van der Waals surface area contributed by atoms with Gasteiger partial charge in [0.15, 0.2) is 9.84 Å². The summed E-state index contributed by atoms with van der Waals surface area (Å²) in [4.78, 5) is 0.364. The summed E-state index contributed by atoms with van der Waals surface area (Å²) in [7, 11) is -3.28. The molecule has 1 aromatic rings. The molecule has 2 nitrogen and oxygen atoms in total. The molecule has 0 aliphatic carbocycles. The SMILES string of the molecule is CC(C)=CC/C=C(/CCCl)CS(=O)(=O)c1ccccc1. The summed E-state index contributed by atoms with van der Waals surface area (Å²) in [6.45, 7) is 4.05. The summed E-state index contributed by atoms with van der Waals surface area (Å²) < 4.78 is 24.6. The second kappa shape index (κ2) is 8.28. The van der Waals surface area contributed by atoms with Crippen molar-refractivity contribution in [3.8, 4) is 0 Å². The van der Waals surface area contributed by atoms with Crippen LogP contribution in [0.15, 0.2) is 58.5 Å². The van der Waals surface area contributed by atoms with Gasteiger partial charge in [-0.25, -0.2) is 8.42 Å². The molecule has 0 atom stereocenters. The summed E-state index contributed by atoms with van der Waals surface area (Å²) >= 11 is 5.76. The Morgan fingerprint density at radius 1 is 1.15 bits per heavy atom. The van der Waals surface area contributed by atoms with Gasteiger partial charge in [0.25, 0.3) is 0 Å². The number of sulfone groups is 1. The summed E-state index contributed by atoms with van der Waals surface area (Å²) in [6.07, 6.45) is 5.39. The average molecular weight is 313 g/mol. The van der Waals surface area contributed by atoms with E-state index in [1.165, 1.54) is 5.57 Å². The minimum Gasteiger partial charge on any atom is -0.223 e. The molecule has 0 aromatic heterocycles. The Morgan fingerprint density at radius 2 is 1.80 bits per heavy atom. The van der Waals surface area contributed by atoms with Crippen LogP contribution in [0.2, 0.25) is 0 Å². The van der Waals surface area contributed by atoms with E-state index in [1.807, 2.05) is 26.0 Å². The predicted molar refractivity (Wildman–Crippen MR) is 86.0 cm³/mol. The fraction of sp³-hybridized carbons (Fsp3) is 0.375. The highest BCUT2D eigenvalue weighted by molar-refractivity contribution is 7.91. The molecule has 0 unspecified atom stereocenters. The van der Waals surface area contributed by atoms with Gasteiger partial charge in [-0.2, -0.15) is 0 Å². The number of alkyl halides is 1. The number of rotatable bonds is 7. The number of benzene rings is 1. The molecule has 1 rings (SSSR count). The summed E-state index contributed by atoms with van der Waals surface area (Å²) in [5, 5.41) is 0. The third-order valence-corrected chi connectivity index (χ3v) is 4.76. The third kappa shape index (κ3) is 5.93. The minimum absolute atomic E-state index is 0.0420. The molecular formula is C16H21ClO2S. The Kier molecular flexibility index (Phi) is 7.03. The van der Waals surface area contributed by atoms with Crippen LogP contribution in [-0.2, 0) is 9.84 Å². The molecular weight excluding hydrogens is 292 g/mol. The first kappa shape index (κ1) is 17.0. The second-order valence-corrected chi connectivity index (χ2v) is 7.26. The Hall–Kier alpha value is -1.06.